The van der Waals surface area contributed by atoms with Gasteiger partial charge in [-0.05, 0) is 34.4 Å². The van der Waals surface area contributed by atoms with Gasteiger partial charge < -0.3 is 9.88 Å². The molecule has 0 aliphatic carbocycles. The van der Waals surface area contributed by atoms with Crippen LogP contribution in [0.25, 0.3) is 11.1 Å². The van der Waals surface area contributed by atoms with Crippen LogP contribution in [0.2, 0.25) is 0 Å². The van der Waals surface area contributed by atoms with Crippen molar-refractivity contribution >= 4 is 5.82 Å². The Morgan fingerprint density at radius 1 is 0.964 bits per heavy atom. The average Bonchev–Trinajstić information content (AvgIpc) is 3.26. The Morgan fingerprint density at radius 3 is 2.61 bits per heavy atom. The van der Waals surface area contributed by atoms with E-state index in [9.17, 15) is 5.26 Å². The van der Waals surface area contributed by atoms with Crippen LogP contribution in [0, 0.1) is 11.3 Å². The maximum atomic E-state index is 9.23. The van der Waals surface area contributed by atoms with Crippen LogP contribution in [-0.4, -0.2) is 14.5 Å². The first-order valence-corrected chi connectivity index (χ1v) is 9.05. The third-order valence-electron chi connectivity index (χ3n) is 4.58. The Hall–Kier alpha value is -3.91. The van der Waals surface area contributed by atoms with E-state index in [1.54, 1.807) is 24.5 Å². The Morgan fingerprint density at radius 2 is 1.82 bits per heavy atom. The first kappa shape index (κ1) is 17.5. The highest BCUT2D eigenvalue weighted by atomic mass is 15.0. The lowest BCUT2D eigenvalue weighted by molar-refractivity contribution is 0.797. The lowest BCUT2D eigenvalue weighted by Gasteiger charge is -2.12. The highest BCUT2D eigenvalue weighted by molar-refractivity contribution is 5.68. The molecular weight excluding hydrogens is 346 g/mol. The van der Waals surface area contributed by atoms with Gasteiger partial charge >= 0.3 is 0 Å². The Labute approximate surface area is 163 Å². The highest BCUT2D eigenvalue weighted by Crippen LogP contribution is 2.25. The second kappa shape index (κ2) is 8.19. The molecule has 2 aromatic carbocycles. The zero-order valence-electron chi connectivity index (χ0n) is 15.3. The molecule has 0 spiro atoms. The number of anilines is 1. The molecule has 0 fully saturated rings. The topological polar surface area (TPSA) is 66.5 Å². The SMILES string of the molecule is N#Cc1cccnc1NCc1ccccc1-c1ccc(Cn2ccnc2)cc1. The van der Waals surface area contributed by atoms with E-state index >= 15 is 0 Å². The van der Waals surface area contributed by atoms with Crippen molar-refractivity contribution in [3.05, 3.63) is 102 Å². The van der Waals surface area contributed by atoms with Crippen molar-refractivity contribution in [1.29, 1.82) is 5.26 Å². The van der Waals surface area contributed by atoms with Crippen molar-refractivity contribution in [1.82, 2.24) is 14.5 Å². The van der Waals surface area contributed by atoms with E-state index in [4.69, 9.17) is 0 Å². The Balaban J connectivity index is 1.53. The zero-order valence-corrected chi connectivity index (χ0v) is 15.3. The number of nitrogens with one attached hydrogen (secondary N) is 1. The molecule has 2 aromatic heterocycles. The van der Waals surface area contributed by atoms with Gasteiger partial charge in [-0.1, -0.05) is 48.5 Å². The number of imidazole rings is 1. The molecule has 28 heavy (non-hydrogen) atoms. The van der Waals surface area contributed by atoms with Crippen molar-refractivity contribution in [3.63, 3.8) is 0 Å². The van der Waals surface area contributed by atoms with Gasteiger partial charge in [-0.15, -0.1) is 0 Å². The van der Waals surface area contributed by atoms with Crippen molar-refractivity contribution in [2.24, 2.45) is 0 Å². The van der Waals surface area contributed by atoms with E-state index in [2.05, 4.69) is 57.8 Å². The van der Waals surface area contributed by atoms with Crippen LogP contribution >= 0.6 is 0 Å². The summed E-state index contributed by atoms with van der Waals surface area (Å²) in [5.74, 6) is 0.607. The summed E-state index contributed by atoms with van der Waals surface area (Å²) in [6, 6.07) is 22.6. The number of nitriles is 1. The summed E-state index contributed by atoms with van der Waals surface area (Å²) in [4.78, 5) is 8.36. The van der Waals surface area contributed by atoms with E-state index in [-0.39, 0.29) is 0 Å². The van der Waals surface area contributed by atoms with Crippen molar-refractivity contribution in [2.75, 3.05) is 5.32 Å². The van der Waals surface area contributed by atoms with Gasteiger partial charge in [-0.2, -0.15) is 5.26 Å². The van der Waals surface area contributed by atoms with E-state index in [0.717, 1.165) is 17.7 Å². The fraction of sp³-hybridized carbons (Fsp3) is 0.0870. The first-order chi connectivity index (χ1) is 13.8. The van der Waals surface area contributed by atoms with Crippen molar-refractivity contribution in [3.8, 4) is 17.2 Å². The molecule has 4 rings (SSSR count). The van der Waals surface area contributed by atoms with E-state index in [1.165, 1.54) is 11.1 Å². The summed E-state index contributed by atoms with van der Waals surface area (Å²) in [6.45, 7) is 1.40. The molecule has 0 atom stereocenters. The zero-order chi connectivity index (χ0) is 19.2. The summed E-state index contributed by atoms with van der Waals surface area (Å²) in [5, 5.41) is 12.5. The highest BCUT2D eigenvalue weighted by Gasteiger charge is 2.07. The fourth-order valence-corrected chi connectivity index (χ4v) is 3.15. The molecule has 0 unspecified atom stereocenters. The summed E-state index contributed by atoms with van der Waals surface area (Å²) in [6.07, 6.45) is 7.26. The first-order valence-electron chi connectivity index (χ1n) is 9.05. The quantitative estimate of drug-likeness (QED) is 0.547. The van der Waals surface area contributed by atoms with Crippen molar-refractivity contribution < 1.29 is 0 Å². The average molecular weight is 365 g/mol. The van der Waals surface area contributed by atoms with Crippen LogP contribution in [0.3, 0.4) is 0 Å². The summed E-state index contributed by atoms with van der Waals surface area (Å²) < 4.78 is 2.05. The molecule has 4 aromatic rings. The van der Waals surface area contributed by atoms with Gasteiger partial charge in [0.25, 0.3) is 0 Å². The second-order valence-electron chi connectivity index (χ2n) is 6.45. The van der Waals surface area contributed by atoms with Crippen LogP contribution in [0.15, 0.2) is 85.6 Å². The largest absolute Gasteiger partial charge is 0.365 e. The summed E-state index contributed by atoms with van der Waals surface area (Å²) in [7, 11) is 0. The number of hydrogen-bond donors (Lipinski definition) is 1. The molecule has 1 N–H and O–H groups in total. The minimum absolute atomic E-state index is 0.545. The molecule has 5 nitrogen and oxygen atoms in total. The van der Waals surface area contributed by atoms with Crippen LogP contribution in [0.4, 0.5) is 5.82 Å². The number of aromatic nitrogens is 3. The van der Waals surface area contributed by atoms with Gasteiger partial charge in [0.1, 0.15) is 11.9 Å². The fourth-order valence-electron chi connectivity index (χ4n) is 3.15. The lowest BCUT2D eigenvalue weighted by Crippen LogP contribution is -2.04. The number of nitrogens with zero attached hydrogens (tertiary/aromatic N) is 4. The number of hydrogen-bond acceptors (Lipinski definition) is 4. The van der Waals surface area contributed by atoms with Crippen molar-refractivity contribution in [2.45, 2.75) is 13.1 Å². The van der Waals surface area contributed by atoms with Gasteiger partial charge in [0.15, 0.2) is 0 Å². The van der Waals surface area contributed by atoms with Gasteiger partial charge in [-0.3, -0.25) is 0 Å². The predicted octanol–water partition coefficient (Wildman–Crippen LogP) is 4.48. The standard InChI is InChI=1S/C23H19N5/c24-14-20-5-3-11-26-23(20)27-15-21-4-1-2-6-22(21)19-9-7-18(8-10-19)16-28-13-12-25-17-28/h1-13,17H,15-16H2,(H,26,27). The summed E-state index contributed by atoms with van der Waals surface area (Å²) >= 11 is 0. The van der Waals surface area contributed by atoms with Gasteiger partial charge in [0.2, 0.25) is 0 Å². The minimum atomic E-state index is 0.545. The normalized spacial score (nSPS) is 10.4. The minimum Gasteiger partial charge on any atom is -0.365 e. The van der Waals surface area contributed by atoms with Crippen LogP contribution in [0.1, 0.15) is 16.7 Å². The molecule has 0 aliphatic heterocycles. The number of benzene rings is 2. The third kappa shape index (κ3) is 3.92. The molecule has 0 bridgehead atoms. The third-order valence-corrected chi connectivity index (χ3v) is 4.58. The van der Waals surface area contributed by atoms with Gasteiger partial charge in [-0.25, -0.2) is 9.97 Å². The summed E-state index contributed by atoms with van der Waals surface area (Å²) in [5.41, 5.74) is 5.25. The van der Waals surface area contributed by atoms with E-state index in [1.807, 2.05) is 29.2 Å². The smallest absolute Gasteiger partial charge is 0.144 e. The van der Waals surface area contributed by atoms with Crippen LogP contribution in [-0.2, 0) is 13.1 Å². The van der Waals surface area contributed by atoms with Gasteiger partial charge in [0, 0.05) is 31.7 Å². The van der Waals surface area contributed by atoms with E-state index in [0.29, 0.717) is 17.9 Å². The maximum Gasteiger partial charge on any atom is 0.144 e. The maximum absolute atomic E-state index is 9.23. The molecule has 0 saturated carbocycles. The molecule has 136 valence electrons. The Bertz CT molecular complexity index is 1090. The molecular formula is C23H19N5. The monoisotopic (exact) mass is 365 g/mol. The molecule has 5 heteroatoms. The number of pyridine rings is 1. The molecule has 2 heterocycles. The molecule has 0 radical (unpaired) electrons. The Kier molecular flexibility index (Phi) is 5.12. The van der Waals surface area contributed by atoms with Crippen LogP contribution in [0.5, 0.6) is 0 Å². The number of rotatable bonds is 6. The van der Waals surface area contributed by atoms with Crippen LogP contribution < -0.4 is 5.32 Å². The van der Waals surface area contributed by atoms with E-state index < -0.39 is 0 Å². The molecule has 0 amide bonds. The lowest BCUT2D eigenvalue weighted by atomic mass is 9.98. The second-order valence-corrected chi connectivity index (χ2v) is 6.45. The predicted molar refractivity (Wildman–Crippen MR) is 109 cm³/mol. The molecule has 0 aliphatic rings. The molecule has 0 saturated heterocycles. The van der Waals surface area contributed by atoms with Gasteiger partial charge in [0.05, 0.1) is 11.9 Å².